The van der Waals surface area contributed by atoms with Crippen LogP contribution in [0.5, 0.6) is 0 Å². The van der Waals surface area contributed by atoms with Crippen LogP contribution in [0.3, 0.4) is 0 Å². The molecule has 1 aromatic heterocycles. The van der Waals surface area contributed by atoms with E-state index in [-0.39, 0.29) is 12.1 Å². The van der Waals surface area contributed by atoms with Crippen molar-refractivity contribution in [2.45, 2.75) is 32.6 Å². The number of ether oxygens (including phenoxy) is 1. The Hall–Kier alpha value is -0.870. The first-order chi connectivity index (χ1) is 9.08. The van der Waals surface area contributed by atoms with Gasteiger partial charge >= 0.3 is 0 Å². The van der Waals surface area contributed by atoms with Crippen molar-refractivity contribution < 1.29 is 4.74 Å². The zero-order valence-electron chi connectivity index (χ0n) is 11.1. The Kier molecular flexibility index (Phi) is 4.99. The van der Waals surface area contributed by atoms with E-state index in [0.29, 0.717) is 6.61 Å². The molecule has 0 aliphatic rings. The van der Waals surface area contributed by atoms with Gasteiger partial charge in [0.15, 0.2) is 0 Å². The van der Waals surface area contributed by atoms with Gasteiger partial charge in [0.25, 0.3) is 0 Å². The molecular weight excluding hydrogens is 278 g/mol. The highest BCUT2D eigenvalue weighted by Gasteiger charge is 2.19. The van der Waals surface area contributed by atoms with E-state index in [4.69, 9.17) is 22.1 Å². The molecule has 0 saturated heterocycles. The Morgan fingerprint density at radius 2 is 2.00 bits per heavy atom. The van der Waals surface area contributed by atoms with Crippen molar-refractivity contribution in [3.8, 4) is 0 Å². The molecule has 2 aromatic rings. The lowest BCUT2D eigenvalue weighted by Crippen LogP contribution is -2.26. The third-order valence-corrected chi connectivity index (χ3v) is 4.33. The van der Waals surface area contributed by atoms with Crippen molar-refractivity contribution in [3.05, 3.63) is 56.7 Å². The van der Waals surface area contributed by atoms with Gasteiger partial charge in [0, 0.05) is 20.8 Å². The lowest BCUT2D eigenvalue weighted by atomic mass is 10.1. The van der Waals surface area contributed by atoms with Crippen LogP contribution in [-0.4, -0.2) is 6.04 Å². The summed E-state index contributed by atoms with van der Waals surface area (Å²) in [5.74, 6) is 0. The molecule has 0 saturated carbocycles. The molecule has 2 nitrogen and oxygen atoms in total. The summed E-state index contributed by atoms with van der Waals surface area (Å²) in [6.45, 7) is 4.52. The predicted molar refractivity (Wildman–Crippen MR) is 81.7 cm³/mol. The second-order valence-electron chi connectivity index (χ2n) is 4.63. The largest absolute Gasteiger partial charge is 0.366 e. The van der Waals surface area contributed by atoms with Crippen LogP contribution >= 0.6 is 22.9 Å². The SMILES string of the molecule is Cc1ccc(C(OCc2ccccc2Cl)C(C)N)s1. The fraction of sp³-hybridized carbons (Fsp3) is 0.333. The van der Waals surface area contributed by atoms with E-state index >= 15 is 0 Å². The van der Waals surface area contributed by atoms with Crippen LogP contribution in [0.2, 0.25) is 5.02 Å². The summed E-state index contributed by atoms with van der Waals surface area (Å²) in [5.41, 5.74) is 7.02. The minimum atomic E-state index is -0.0880. The monoisotopic (exact) mass is 295 g/mol. The fourth-order valence-corrected chi connectivity index (χ4v) is 3.13. The third kappa shape index (κ3) is 3.80. The summed E-state index contributed by atoms with van der Waals surface area (Å²) in [6, 6.07) is 11.8. The van der Waals surface area contributed by atoms with Crippen LogP contribution < -0.4 is 5.73 Å². The predicted octanol–water partition coefficient (Wildman–Crippen LogP) is 4.32. The van der Waals surface area contributed by atoms with Crippen molar-refractivity contribution in [2.75, 3.05) is 0 Å². The molecule has 0 bridgehead atoms. The van der Waals surface area contributed by atoms with Crippen molar-refractivity contribution in [3.63, 3.8) is 0 Å². The average molecular weight is 296 g/mol. The van der Waals surface area contributed by atoms with Gasteiger partial charge in [-0.25, -0.2) is 0 Å². The van der Waals surface area contributed by atoms with E-state index in [1.165, 1.54) is 9.75 Å². The number of halogens is 1. The topological polar surface area (TPSA) is 35.2 Å². The lowest BCUT2D eigenvalue weighted by Gasteiger charge is -2.20. The van der Waals surface area contributed by atoms with Gasteiger partial charge in [0.2, 0.25) is 0 Å². The smallest absolute Gasteiger partial charge is 0.107 e. The molecule has 2 rings (SSSR count). The first-order valence-electron chi connectivity index (χ1n) is 6.25. The quantitative estimate of drug-likeness (QED) is 0.892. The molecule has 1 heterocycles. The van der Waals surface area contributed by atoms with Gasteiger partial charge in [0.1, 0.15) is 6.10 Å². The summed E-state index contributed by atoms with van der Waals surface area (Å²) in [6.07, 6.45) is -0.0880. The second-order valence-corrected chi connectivity index (χ2v) is 6.36. The molecule has 102 valence electrons. The van der Waals surface area contributed by atoms with Gasteiger partial charge in [-0.05, 0) is 37.6 Å². The third-order valence-electron chi connectivity index (χ3n) is 2.90. The molecule has 0 fully saturated rings. The average Bonchev–Trinajstić information content (AvgIpc) is 2.78. The number of rotatable bonds is 5. The highest BCUT2D eigenvalue weighted by Crippen LogP contribution is 2.29. The molecule has 0 aliphatic heterocycles. The Morgan fingerprint density at radius 1 is 1.26 bits per heavy atom. The molecule has 0 spiro atoms. The minimum absolute atomic E-state index is 0.0551. The zero-order valence-corrected chi connectivity index (χ0v) is 12.7. The first kappa shape index (κ1) is 14.5. The van der Waals surface area contributed by atoms with Gasteiger partial charge < -0.3 is 10.5 Å². The molecule has 19 heavy (non-hydrogen) atoms. The number of hydrogen-bond donors (Lipinski definition) is 1. The molecule has 0 radical (unpaired) electrons. The summed E-state index contributed by atoms with van der Waals surface area (Å²) in [7, 11) is 0. The van der Waals surface area contributed by atoms with Crippen LogP contribution in [0.1, 0.15) is 28.3 Å². The Bertz CT molecular complexity index is 538. The van der Waals surface area contributed by atoms with Crippen molar-refractivity contribution in [1.82, 2.24) is 0 Å². The van der Waals surface area contributed by atoms with E-state index in [1.54, 1.807) is 11.3 Å². The molecule has 1 aromatic carbocycles. The molecular formula is C15H18ClNOS. The summed E-state index contributed by atoms with van der Waals surface area (Å²) >= 11 is 7.85. The van der Waals surface area contributed by atoms with Crippen molar-refractivity contribution in [1.29, 1.82) is 0 Å². The van der Waals surface area contributed by atoms with Gasteiger partial charge in [-0.2, -0.15) is 0 Å². The van der Waals surface area contributed by atoms with E-state index in [2.05, 4.69) is 19.1 Å². The Morgan fingerprint density at radius 3 is 2.58 bits per heavy atom. The number of hydrogen-bond acceptors (Lipinski definition) is 3. The summed E-state index contributed by atoms with van der Waals surface area (Å²) in [5, 5.41) is 0.730. The minimum Gasteiger partial charge on any atom is -0.366 e. The molecule has 4 heteroatoms. The van der Waals surface area contributed by atoms with E-state index in [1.807, 2.05) is 31.2 Å². The van der Waals surface area contributed by atoms with Crippen LogP contribution in [0.25, 0.3) is 0 Å². The van der Waals surface area contributed by atoms with Gasteiger partial charge in [-0.15, -0.1) is 11.3 Å². The number of thiophene rings is 1. The maximum absolute atomic E-state index is 6.13. The van der Waals surface area contributed by atoms with Gasteiger partial charge in [-0.3, -0.25) is 0 Å². The highest BCUT2D eigenvalue weighted by molar-refractivity contribution is 7.12. The maximum atomic E-state index is 6.13. The number of nitrogens with two attached hydrogens (primary N) is 1. The molecule has 0 aliphatic carbocycles. The van der Waals surface area contributed by atoms with Crippen LogP contribution in [0.4, 0.5) is 0 Å². The lowest BCUT2D eigenvalue weighted by molar-refractivity contribution is 0.0283. The van der Waals surface area contributed by atoms with Crippen LogP contribution in [0, 0.1) is 6.92 Å². The normalized spacial score (nSPS) is 14.3. The number of aryl methyl sites for hydroxylation is 1. The van der Waals surface area contributed by atoms with E-state index in [0.717, 1.165) is 10.6 Å². The molecule has 2 unspecified atom stereocenters. The highest BCUT2D eigenvalue weighted by atomic mass is 35.5. The van der Waals surface area contributed by atoms with Gasteiger partial charge in [0.05, 0.1) is 6.61 Å². The zero-order chi connectivity index (χ0) is 13.8. The maximum Gasteiger partial charge on any atom is 0.107 e. The van der Waals surface area contributed by atoms with Crippen molar-refractivity contribution in [2.24, 2.45) is 5.73 Å². The van der Waals surface area contributed by atoms with Gasteiger partial charge in [-0.1, -0.05) is 29.8 Å². The second kappa shape index (κ2) is 6.53. The first-order valence-corrected chi connectivity index (χ1v) is 7.44. The summed E-state index contributed by atoms with van der Waals surface area (Å²) in [4.78, 5) is 2.43. The molecule has 0 amide bonds. The Balaban J connectivity index is 2.08. The van der Waals surface area contributed by atoms with E-state index < -0.39 is 0 Å². The molecule has 2 N–H and O–H groups in total. The van der Waals surface area contributed by atoms with E-state index in [9.17, 15) is 0 Å². The van der Waals surface area contributed by atoms with Crippen molar-refractivity contribution >= 4 is 22.9 Å². The fourth-order valence-electron chi connectivity index (χ4n) is 1.89. The number of benzene rings is 1. The Labute approximate surface area is 123 Å². The molecule has 2 atom stereocenters. The van der Waals surface area contributed by atoms with Crippen LogP contribution in [0.15, 0.2) is 36.4 Å². The standard InChI is InChI=1S/C15H18ClNOS/c1-10-7-8-14(19-10)15(11(2)17)18-9-12-5-3-4-6-13(12)16/h3-8,11,15H,9,17H2,1-2H3. The summed E-state index contributed by atoms with van der Waals surface area (Å²) < 4.78 is 5.97. The van der Waals surface area contributed by atoms with Crippen LogP contribution in [-0.2, 0) is 11.3 Å².